The fraction of sp³-hybridized carbons (Fsp3) is 0.556. The molecule has 80 valence electrons. The van der Waals surface area contributed by atoms with E-state index in [-0.39, 0.29) is 11.9 Å². The van der Waals surface area contributed by atoms with E-state index < -0.39 is 0 Å². The Morgan fingerprint density at radius 3 is 2.93 bits per heavy atom. The third kappa shape index (κ3) is 1.74. The number of hydrogen-bond acceptors (Lipinski definition) is 4. The van der Waals surface area contributed by atoms with Gasteiger partial charge in [-0.1, -0.05) is 12.1 Å². The molecular formula is C9H12N4O2. The first-order chi connectivity index (χ1) is 7.24. The van der Waals surface area contributed by atoms with Crippen LogP contribution < -0.4 is 0 Å². The van der Waals surface area contributed by atoms with E-state index in [2.05, 4.69) is 10.3 Å². The normalized spacial score (nSPS) is 16.2. The van der Waals surface area contributed by atoms with Crippen LogP contribution in [0.4, 0.5) is 0 Å². The number of nitrogens with zero attached hydrogens (tertiary/aromatic N) is 4. The fourth-order valence-corrected chi connectivity index (χ4v) is 1.57. The number of hydrogen-bond donors (Lipinski definition) is 0. The highest BCUT2D eigenvalue weighted by Crippen LogP contribution is 2.20. The summed E-state index contributed by atoms with van der Waals surface area (Å²) in [6, 6.07) is 0.168. The molecule has 1 saturated heterocycles. The van der Waals surface area contributed by atoms with E-state index >= 15 is 0 Å². The van der Waals surface area contributed by atoms with Crippen molar-refractivity contribution in [2.24, 2.45) is 0 Å². The van der Waals surface area contributed by atoms with Gasteiger partial charge in [-0.05, 0) is 0 Å². The van der Waals surface area contributed by atoms with Gasteiger partial charge in [0.15, 0.2) is 6.29 Å². The molecule has 2 rings (SSSR count). The zero-order chi connectivity index (χ0) is 10.8. The van der Waals surface area contributed by atoms with Crippen LogP contribution in [0.2, 0.25) is 0 Å². The summed E-state index contributed by atoms with van der Waals surface area (Å²) in [4.78, 5) is 23.4. The highest BCUT2D eigenvalue weighted by Gasteiger charge is 2.31. The molecule has 0 bridgehead atoms. The molecule has 2 heterocycles. The maximum atomic E-state index is 11.3. The van der Waals surface area contributed by atoms with E-state index in [1.165, 1.54) is 0 Å². The number of aldehydes is 1. The van der Waals surface area contributed by atoms with Crippen molar-refractivity contribution in [1.82, 2.24) is 19.9 Å². The SMILES string of the molecule is CCC(=O)N1CC(n2cc(C=O)nn2)C1. The number of rotatable bonds is 3. The maximum absolute atomic E-state index is 11.3. The molecule has 1 aliphatic heterocycles. The van der Waals surface area contributed by atoms with E-state index in [0.717, 1.165) is 0 Å². The van der Waals surface area contributed by atoms with Crippen LogP contribution in [-0.2, 0) is 4.79 Å². The molecule has 1 aliphatic rings. The summed E-state index contributed by atoms with van der Waals surface area (Å²) < 4.78 is 1.64. The molecule has 0 aromatic carbocycles. The van der Waals surface area contributed by atoms with Gasteiger partial charge in [0.05, 0.1) is 12.2 Å². The quantitative estimate of drug-likeness (QED) is 0.650. The predicted molar refractivity (Wildman–Crippen MR) is 51.3 cm³/mol. The molecule has 1 aromatic heterocycles. The van der Waals surface area contributed by atoms with Gasteiger partial charge in [0.25, 0.3) is 0 Å². The van der Waals surface area contributed by atoms with Crippen LogP contribution in [0.5, 0.6) is 0 Å². The first-order valence-corrected chi connectivity index (χ1v) is 4.89. The first-order valence-electron chi connectivity index (χ1n) is 4.89. The monoisotopic (exact) mass is 208 g/mol. The minimum Gasteiger partial charge on any atom is -0.338 e. The van der Waals surface area contributed by atoms with Crippen LogP contribution in [0.15, 0.2) is 6.20 Å². The molecule has 0 saturated carbocycles. The summed E-state index contributed by atoms with van der Waals surface area (Å²) in [7, 11) is 0. The van der Waals surface area contributed by atoms with E-state index in [1.807, 2.05) is 6.92 Å². The van der Waals surface area contributed by atoms with Crippen LogP contribution >= 0.6 is 0 Å². The molecule has 6 heteroatoms. The van der Waals surface area contributed by atoms with Gasteiger partial charge >= 0.3 is 0 Å². The Morgan fingerprint density at radius 1 is 1.67 bits per heavy atom. The number of likely N-dealkylation sites (tertiary alicyclic amines) is 1. The zero-order valence-corrected chi connectivity index (χ0v) is 8.46. The van der Waals surface area contributed by atoms with Crippen molar-refractivity contribution < 1.29 is 9.59 Å². The third-order valence-corrected chi connectivity index (χ3v) is 2.54. The summed E-state index contributed by atoms with van der Waals surface area (Å²) in [5.74, 6) is 0.155. The minimum atomic E-state index is 0.155. The molecule has 1 aromatic rings. The maximum Gasteiger partial charge on any atom is 0.222 e. The van der Waals surface area contributed by atoms with Crippen LogP contribution in [0.25, 0.3) is 0 Å². The van der Waals surface area contributed by atoms with Crippen molar-refractivity contribution in [1.29, 1.82) is 0 Å². The lowest BCUT2D eigenvalue weighted by Crippen LogP contribution is -2.50. The van der Waals surface area contributed by atoms with Gasteiger partial charge in [0.1, 0.15) is 5.69 Å². The van der Waals surface area contributed by atoms with Gasteiger partial charge in [-0.15, -0.1) is 5.10 Å². The molecule has 0 unspecified atom stereocenters. The van der Waals surface area contributed by atoms with Crippen molar-refractivity contribution in [3.8, 4) is 0 Å². The smallest absolute Gasteiger partial charge is 0.222 e. The molecule has 1 fully saturated rings. The molecular weight excluding hydrogens is 196 g/mol. The van der Waals surface area contributed by atoms with Crippen molar-refractivity contribution in [3.05, 3.63) is 11.9 Å². The Morgan fingerprint density at radius 2 is 2.40 bits per heavy atom. The van der Waals surface area contributed by atoms with Crippen molar-refractivity contribution in [2.45, 2.75) is 19.4 Å². The Labute approximate surface area is 86.9 Å². The number of aromatic nitrogens is 3. The van der Waals surface area contributed by atoms with Gasteiger partial charge in [-0.2, -0.15) is 0 Å². The van der Waals surface area contributed by atoms with Crippen LogP contribution in [0.1, 0.15) is 29.9 Å². The van der Waals surface area contributed by atoms with E-state index in [9.17, 15) is 9.59 Å². The van der Waals surface area contributed by atoms with Crippen molar-refractivity contribution >= 4 is 12.2 Å². The summed E-state index contributed by atoms with van der Waals surface area (Å²) in [6.45, 7) is 3.16. The second-order valence-corrected chi connectivity index (χ2v) is 3.55. The molecule has 1 amide bonds. The molecule has 0 radical (unpaired) electrons. The van der Waals surface area contributed by atoms with Gasteiger partial charge in [0.2, 0.25) is 5.91 Å². The Hall–Kier alpha value is -1.72. The van der Waals surface area contributed by atoms with Gasteiger partial charge in [-0.3, -0.25) is 9.59 Å². The fourth-order valence-electron chi connectivity index (χ4n) is 1.57. The van der Waals surface area contributed by atoms with Crippen molar-refractivity contribution in [2.75, 3.05) is 13.1 Å². The van der Waals surface area contributed by atoms with Gasteiger partial charge < -0.3 is 4.90 Å². The summed E-state index contributed by atoms with van der Waals surface area (Å²) in [6.07, 6.45) is 2.80. The molecule has 0 aliphatic carbocycles. The Balaban J connectivity index is 1.94. The van der Waals surface area contributed by atoms with Crippen LogP contribution in [-0.4, -0.2) is 45.2 Å². The molecule has 0 N–H and O–H groups in total. The molecule has 15 heavy (non-hydrogen) atoms. The molecule has 0 spiro atoms. The van der Waals surface area contributed by atoms with Crippen LogP contribution in [0, 0.1) is 0 Å². The van der Waals surface area contributed by atoms with Gasteiger partial charge in [-0.25, -0.2) is 4.68 Å². The largest absolute Gasteiger partial charge is 0.338 e. The highest BCUT2D eigenvalue weighted by molar-refractivity contribution is 5.76. The second kappa shape index (κ2) is 3.80. The number of carbonyl (C=O) groups excluding carboxylic acids is 2. The standard InChI is InChI=1S/C9H12N4O2/c1-2-9(15)12-4-8(5-12)13-3-7(6-14)10-11-13/h3,6,8H,2,4-5H2,1H3. The lowest BCUT2D eigenvalue weighted by molar-refractivity contribution is -0.136. The minimum absolute atomic E-state index is 0.155. The summed E-state index contributed by atoms with van der Waals surface area (Å²) in [5, 5.41) is 7.50. The van der Waals surface area contributed by atoms with Crippen LogP contribution in [0.3, 0.4) is 0 Å². The lowest BCUT2D eigenvalue weighted by atomic mass is 10.1. The van der Waals surface area contributed by atoms with Crippen molar-refractivity contribution in [3.63, 3.8) is 0 Å². The van der Waals surface area contributed by atoms with E-state index in [0.29, 0.717) is 31.5 Å². The lowest BCUT2D eigenvalue weighted by Gasteiger charge is -2.38. The third-order valence-electron chi connectivity index (χ3n) is 2.54. The first kappa shape index (κ1) is 9.82. The summed E-state index contributed by atoms with van der Waals surface area (Å²) >= 11 is 0. The van der Waals surface area contributed by atoms with E-state index in [4.69, 9.17) is 0 Å². The average molecular weight is 208 g/mol. The average Bonchev–Trinajstić information content (AvgIpc) is 2.63. The molecule has 6 nitrogen and oxygen atoms in total. The topological polar surface area (TPSA) is 68.1 Å². The second-order valence-electron chi connectivity index (χ2n) is 3.55. The zero-order valence-electron chi connectivity index (χ0n) is 8.46. The Bertz CT molecular complexity index is 381. The van der Waals surface area contributed by atoms with Gasteiger partial charge in [0, 0.05) is 19.5 Å². The number of carbonyl (C=O) groups is 2. The molecule has 0 atom stereocenters. The summed E-state index contributed by atoms with van der Waals surface area (Å²) in [5.41, 5.74) is 0.329. The number of amides is 1. The Kier molecular flexibility index (Phi) is 2.49. The van der Waals surface area contributed by atoms with E-state index in [1.54, 1.807) is 15.8 Å². The highest BCUT2D eigenvalue weighted by atomic mass is 16.2. The predicted octanol–water partition coefficient (Wildman–Crippen LogP) is -0.116.